The molecule has 1 aromatic carbocycles. The molecule has 132 valence electrons. The molecule has 5 heteroatoms. The van der Waals surface area contributed by atoms with E-state index in [4.69, 9.17) is 9.47 Å². The van der Waals surface area contributed by atoms with Crippen LogP contribution in [0.2, 0.25) is 0 Å². The molecule has 1 amide bonds. The Bertz CT molecular complexity index is 547. The largest absolute Gasteiger partial charge is 0.488 e. The van der Waals surface area contributed by atoms with Gasteiger partial charge in [0.05, 0.1) is 13.2 Å². The number of carbonyl (C=O) groups excluding carboxylic acids is 1. The Balaban J connectivity index is 1.55. The second kappa shape index (κ2) is 7.99. The third kappa shape index (κ3) is 3.90. The van der Waals surface area contributed by atoms with Crippen molar-refractivity contribution in [2.75, 3.05) is 39.4 Å². The predicted octanol–water partition coefficient (Wildman–Crippen LogP) is 2.41. The summed E-state index contributed by atoms with van der Waals surface area (Å²) in [7, 11) is 0. The van der Waals surface area contributed by atoms with E-state index < -0.39 is 0 Å². The van der Waals surface area contributed by atoms with E-state index in [-0.39, 0.29) is 12.0 Å². The van der Waals surface area contributed by atoms with Gasteiger partial charge in [-0.15, -0.1) is 0 Å². The van der Waals surface area contributed by atoms with Gasteiger partial charge in [-0.25, -0.2) is 0 Å². The van der Waals surface area contributed by atoms with Gasteiger partial charge in [-0.2, -0.15) is 0 Å². The SMILES string of the molecule is CCC(CC)N1CC(Oc2cccc(C(=O)N3CCOCC3)c2)C1. The Hall–Kier alpha value is -1.59. The summed E-state index contributed by atoms with van der Waals surface area (Å²) in [4.78, 5) is 16.9. The van der Waals surface area contributed by atoms with Gasteiger partial charge in [0.2, 0.25) is 0 Å². The van der Waals surface area contributed by atoms with Crippen molar-refractivity contribution in [3.05, 3.63) is 29.8 Å². The van der Waals surface area contributed by atoms with Crippen LogP contribution in [-0.2, 0) is 4.74 Å². The van der Waals surface area contributed by atoms with E-state index in [1.807, 2.05) is 29.2 Å². The van der Waals surface area contributed by atoms with Crippen molar-refractivity contribution < 1.29 is 14.3 Å². The van der Waals surface area contributed by atoms with Crippen molar-refractivity contribution in [1.82, 2.24) is 9.80 Å². The van der Waals surface area contributed by atoms with Gasteiger partial charge in [0.1, 0.15) is 11.9 Å². The third-order valence-corrected chi connectivity index (χ3v) is 5.02. The average Bonchev–Trinajstić information content (AvgIpc) is 2.60. The topological polar surface area (TPSA) is 42.0 Å². The first-order valence-electron chi connectivity index (χ1n) is 9.09. The minimum atomic E-state index is 0.0658. The normalized spacial score (nSPS) is 19.4. The molecule has 0 atom stereocenters. The molecule has 2 aliphatic rings. The van der Waals surface area contributed by atoms with Gasteiger partial charge in [-0.3, -0.25) is 9.69 Å². The molecular weight excluding hydrogens is 304 g/mol. The predicted molar refractivity (Wildman–Crippen MR) is 93.5 cm³/mol. The van der Waals surface area contributed by atoms with E-state index in [1.54, 1.807) is 0 Å². The van der Waals surface area contributed by atoms with Crippen LogP contribution in [0.5, 0.6) is 5.75 Å². The summed E-state index contributed by atoms with van der Waals surface area (Å²) in [6.07, 6.45) is 2.61. The lowest BCUT2D eigenvalue weighted by atomic mass is 10.0. The van der Waals surface area contributed by atoms with Gasteiger partial charge in [0, 0.05) is 37.8 Å². The van der Waals surface area contributed by atoms with Crippen LogP contribution in [0.1, 0.15) is 37.0 Å². The molecule has 0 aliphatic carbocycles. The van der Waals surface area contributed by atoms with Crippen molar-refractivity contribution in [3.8, 4) is 5.75 Å². The summed E-state index contributed by atoms with van der Waals surface area (Å²) in [5, 5.41) is 0. The smallest absolute Gasteiger partial charge is 0.254 e. The maximum atomic E-state index is 12.5. The molecule has 0 radical (unpaired) electrons. The first-order chi connectivity index (χ1) is 11.7. The second-order valence-corrected chi connectivity index (χ2v) is 6.60. The summed E-state index contributed by atoms with van der Waals surface area (Å²) in [5.74, 6) is 0.860. The van der Waals surface area contributed by atoms with Gasteiger partial charge in [0.15, 0.2) is 0 Å². The van der Waals surface area contributed by atoms with E-state index in [1.165, 1.54) is 12.8 Å². The lowest BCUT2D eigenvalue weighted by Crippen LogP contribution is -2.57. The molecular formula is C19H28N2O3. The molecule has 2 heterocycles. The van der Waals surface area contributed by atoms with E-state index in [0.29, 0.717) is 37.9 Å². The fourth-order valence-corrected chi connectivity index (χ4v) is 3.49. The Morgan fingerprint density at radius 1 is 1.25 bits per heavy atom. The molecule has 2 fully saturated rings. The van der Waals surface area contributed by atoms with Crippen LogP contribution in [0, 0.1) is 0 Å². The highest BCUT2D eigenvalue weighted by atomic mass is 16.5. The maximum Gasteiger partial charge on any atom is 0.254 e. The van der Waals surface area contributed by atoms with Crippen LogP contribution in [0.15, 0.2) is 24.3 Å². The Labute approximate surface area is 144 Å². The Morgan fingerprint density at radius 2 is 1.96 bits per heavy atom. The number of nitrogens with zero attached hydrogens (tertiary/aromatic N) is 2. The van der Waals surface area contributed by atoms with E-state index in [2.05, 4.69) is 18.7 Å². The number of carbonyl (C=O) groups is 1. The third-order valence-electron chi connectivity index (χ3n) is 5.02. The molecule has 0 aromatic heterocycles. The van der Waals surface area contributed by atoms with Crippen molar-refractivity contribution in [1.29, 1.82) is 0 Å². The van der Waals surface area contributed by atoms with Crippen LogP contribution < -0.4 is 4.74 Å². The van der Waals surface area contributed by atoms with Crippen LogP contribution in [0.25, 0.3) is 0 Å². The van der Waals surface area contributed by atoms with Gasteiger partial charge in [-0.1, -0.05) is 19.9 Å². The number of hydrogen-bond donors (Lipinski definition) is 0. The lowest BCUT2D eigenvalue weighted by Gasteiger charge is -2.43. The van der Waals surface area contributed by atoms with Crippen molar-refractivity contribution in [3.63, 3.8) is 0 Å². The monoisotopic (exact) mass is 332 g/mol. The number of likely N-dealkylation sites (tertiary alicyclic amines) is 1. The van der Waals surface area contributed by atoms with E-state index in [0.717, 1.165) is 18.8 Å². The van der Waals surface area contributed by atoms with E-state index >= 15 is 0 Å². The number of rotatable bonds is 6. The zero-order valence-electron chi connectivity index (χ0n) is 14.7. The highest BCUT2D eigenvalue weighted by Crippen LogP contribution is 2.23. The summed E-state index contributed by atoms with van der Waals surface area (Å²) >= 11 is 0. The van der Waals surface area contributed by atoms with E-state index in [9.17, 15) is 4.79 Å². The molecule has 0 saturated carbocycles. The van der Waals surface area contributed by atoms with Gasteiger partial charge < -0.3 is 14.4 Å². The molecule has 2 saturated heterocycles. The molecule has 24 heavy (non-hydrogen) atoms. The zero-order chi connectivity index (χ0) is 16.9. The highest BCUT2D eigenvalue weighted by molar-refractivity contribution is 5.94. The molecule has 3 rings (SSSR count). The van der Waals surface area contributed by atoms with Crippen molar-refractivity contribution in [2.45, 2.75) is 38.8 Å². The van der Waals surface area contributed by atoms with Crippen LogP contribution >= 0.6 is 0 Å². The summed E-state index contributed by atoms with van der Waals surface area (Å²) < 4.78 is 11.4. The number of ether oxygens (including phenoxy) is 2. The molecule has 0 unspecified atom stereocenters. The molecule has 0 spiro atoms. The number of benzene rings is 1. The number of hydrogen-bond acceptors (Lipinski definition) is 4. The standard InChI is InChI=1S/C19H28N2O3/c1-3-16(4-2)21-13-18(14-21)24-17-7-5-6-15(12-17)19(22)20-8-10-23-11-9-20/h5-7,12,16,18H,3-4,8-11,13-14H2,1-2H3. The molecule has 2 aliphatic heterocycles. The Kier molecular flexibility index (Phi) is 5.74. The van der Waals surface area contributed by atoms with Gasteiger partial charge in [0.25, 0.3) is 5.91 Å². The fourth-order valence-electron chi connectivity index (χ4n) is 3.49. The average molecular weight is 332 g/mol. The van der Waals surface area contributed by atoms with Crippen LogP contribution in [0.4, 0.5) is 0 Å². The maximum absolute atomic E-state index is 12.5. The molecule has 5 nitrogen and oxygen atoms in total. The fraction of sp³-hybridized carbons (Fsp3) is 0.632. The first kappa shape index (κ1) is 17.2. The highest BCUT2D eigenvalue weighted by Gasteiger charge is 2.32. The second-order valence-electron chi connectivity index (χ2n) is 6.60. The molecule has 1 aromatic rings. The lowest BCUT2D eigenvalue weighted by molar-refractivity contribution is -0.0112. The van der Waals surface area contributed by atoms with Crippen molar-refractivity contribution >= 4 is 5.91 Å². The number of morpholine rings is 1. The quantitative estimate of drug-likeness (QED) is 0.802. The molecule has 0 bridgehead atoms. The zero-order valence-corrected chi connectivity index (χ0v) is 14.7. The first-order valence-corrected chi connectivity index (χ1v) is 9.09. The summed E-state index contributed by atoms with van der Waals surface area (Å²) in [6, 6.07) is 8.24. The van der Waals surface area contributed by atoms with Crippen molar-refractivity contribution in [2.24, 2.45) is 0 Å². The summed E-state index contributed by atoms with van der Waals surface area (Å²) in [6.45, 7) is 9.01. The van der Waals surface area contributed by atoms with Gasteiger partial charge >= 0.3 is 0 Å². The Morgan fingerprint density at radius 3 is 2.62 bits per heavy atom. The van der Waals surface area contributed by atoms with Crippen LogP contribution in [0.3, 0.4) is 0 Å². The molecule has 0 N–H and O–H groups in total. The number of amides is 1. The minimum Gasteiger partial charge on any atom is -0.488 e. The summed E-state index contributed by atoms with van der Waals surface area (Å²) in [5.41, 5.74) is 0.700. The van der Waals surface area contributed by atoms with Crippen LogP contribution in [-0.4, -0.2) is 67.2 Å². The minimum absolute atomic E-state index is 0.0658. The van der Waals surface area contributed by atoms with Gasteiger partial charge in [-0.05, 0) is 31.0 Å².